The molecular weight excluding hydrogens is 270 g/mol. The van der Waals surface area contributed by atoms with Gasteiger partial charge in [0.2, 0.25) is 0 Å². The van der Waals surface area contributed by atoms with Gasteiger partial charge in [-0.3, -0.25) is 9.88 Å². The predicted octanol–water partition coefficient (Wildman–Crippen LogP) is 0.958. The van der Waals surface area contributed by atoms with Crippen LogP contribution >= 0.6 is 12.2 Å². The van der Waals surface area contributed by atoms with Crippen LogP contribution in [0.15, 0.2) is 24.5 Å². The van der Waals surface area contributed by atoms with E-state index < -0.39 is 0 Å². The van der Waals surface area contributed by atoms with Gasteiger partial charge in [0.25, 0.3) is 0 Å². The first-order valence-electron chi connectivity index (χ1n) is 6.98. The van der Waals surface area contributed by atoms with Crippen LogP contribution in [0, 0.1) is 0 Å². The second-order valence-corrected chi connectivity index (χ2v) is 5.69. The monoisotopic (exact) mass is 293 g/mol. The van der Waals surface area contributed by atoms with Crippen LogP contribution in [-0.2, 0) is 0 Å². The van der Waals surface area contributed by atoms with E-state index in [0.717, 1.165) is 50.1 Å². The van der Waals surface area contributed by atoms with Gasteiger partial charge in [0, 0.05) is 45.5 Å². The van der Waals surface area contributed by atoms with Crippen LogP contribution in [0.3, 0.4) is 0 Å². The van der Waals surface area contributed by atoms with E-state index in [1.54, 1.807) is 12.4 Å². The molecule has 2 rings (SSSR count). The number of piperazine rings is 1. The summed E-state index contributed by atoms with van der Waals surface area (Å²) < 4.78 is 0. The van der Waals surface area contributed by atoms with Crippen LogP contribution in [0.4, 0.5) is 5.69 Å². The molecule has 1 aromatic heterocycles. The van der Waals surface area contributed by atoms with Crippen molar-refractivity contribution in [3.63, 3.8) is 0 Å². The van der Waals surface area contributed by atoms with Gasteiger partial charge >= 0.3 is 0 Å². The van der Waals surface area contributed by atoms with Crippen LogP contribution in [0.5, 0.6) is 0 Å². The number of aromatic nitrogens is 1. The number of nitrogens with zero attached hydrogens (tertiary/aromatic N) is 4. The van der Waals surface area contributed by atoms with Gasteiger partial charge in [-0.2, -0.15) is 0 Å². The molecule has 0 aliphatic carbocycles. The molecule has 0 saturated carbocycles. The molecule has 0 atom stereocenters. The Morgan fingerprint density at radius 3 is 2.70 bits per heavy atom. The Hall–Kier alpha value is -1.24. The summed E-state index contributed by atoms with van der Waals surface area (Å²) in [4.78, 5) is 11.0. The second-order valence-electron chi connectivity index (χ2n) is 5.30. The molecule has 0 spiro atoms. The minimum atomic E-state index is 0.797. The zero-order chi connectivity index (χ0) is 14.4. The lowest BCUT2D eigenvalue weighted by Gasteiger charge is -2.36. The molecule has 20 heavy (non-hydrogen) atoms. The van der Waals surface area contributed by atoms with Crippen LogP contribution in [0.2, 0.25) is 0 Å². The average molecular weight is 293 g/mol. The minimum absolute atomic E-state index is 0.797. The quantitative estimate of drug-likeness (QED) is 0.833. The van der Waals surface area contributed by atoms with Crippen molar-refractivity contribution in [1.29, 1.82) is 0 Å². The van der Waals surface area contributed by atoms with Gasteiger partial charge in [-0.25, -0.2) is 0 Å². The number of likely N-dealkylation sites (N-methyl/N-ethyl adjacent to an activating group) is 1. The van der Waals surface area contributed by atoms with E-state index in [2.05, 4.69) is 39.1 Å². The fourth-order valence-corrected chi connectivity index (χ4v) is 2.46. The Balaban J connectivity index is 1.74. The standard InChI is InChI=1S/C14H23N5S/c1-17(2)6-7-18-8-10-19(11-9-18)14(20)16-13-4-3-5-15-12-13/h3-5,12H,6-11H2,1-2H3,(H,16,20). The van der Waals surface area contributed by atoms with E-state index in [1.165, 1.54) is 0 Å². The zero-order valence-electron chi connectivity index (χ0n) is 12.2. The van der Waals surface area contributed by atoms with Crippen molar-refractivity contribution in [2.45, 2.75) is 0 Å². The SMILES string of the molecule is CN(C)CCN1CCN(C(=S)Nc2cccnc2)CC1. The van der Waals surface area contributed by atoms with Gasteiger partial charge in [-0.05, 0) is 38.4 Å². The first kappa shape index (κ1) is 15.2. The molecule has 110 valence electrons. The number of hydrogen-bond donors (Lipinski definition) is 1. The normalized spacial score (nSPS) is 16.4. The number of hydrogen-bond acceptors (Lipinski definition) is 4. The molecule has 1 saturated heterocycles. The van der Waals surface area contributed by atoms with Crippen molar-refractivity contribution in [2.24, 2.45) is 0 Å². The predicted molar refractivity (Wildman–Crippen MR) is 87.0 cm³/mol. The molecule has 1 aromatic rings. The van der Waals surface area contributed by atoms with Gasteiger partial charge in [0.05, 0.1) is 11.9 Å². The number of thiocarbonyl (C=S) groups is 1. The van der Waals surface area contributed by atoms with Gasteiger partial charge in [-0.15, -0.1) is 0 Å². The highest BCUT2D eigenvalue weighted by atomic mass is 32.1. The summed E-state index contributed by atoms with van der Waals surface area (Å²) in [6, 6.07) is 3.89. The first-order chi connectivity index (χ1) is 9.65. The maximum atomic E-state index is 5.46. The molecule has 2 heterocycles. The summed E-state index contributed by atoms with van der Waals surface area (Å²) >= 11 is 5.46. The first-order valence-corrected chi connectivity index (χ1v) is 7.39. The molecular formula is C14H23N5S. The summed E-state index contributed by atoms with van der Waals surface area (Å²) in [5, 5.41) is 4.04. The summed E-state index contributed by atoms with van der Waals surface area (Å²) in [7, 11) is 4.23. The number of rotatable bonds is 4. The van der Waals surface area contributed by atoms with Gasteiger partial charge in [0.15, 0.2) is 5.11 Å². The lowest BCUT2D eigenvalue weighted by atomic mass is 10.3. The van der Waals surface area contributed by atoms with Crippen molar-refractivity contribution in [3.05, 3.63) is 24.5 Å². The third-order valence-electron chi connectivity index (χ3n) is 3.44. The lowest BCUT2D eigenvalue weighted by molar-refractivity contribution is 0.170. The van der Waals surface area contributed by atoms with E-state index in [4.69, 9.17) is 12.2 Å². The van der Waals surface area contributed by atoms with E-state index in [9.17, 15) is 0 Å². The van der Waals surface area contributed by atoms with Crippen molar-refractivity contribution in [1.82, 2.24) is 19.7 Å². The van der Waals surface area contributed by atoms with Crippen molar-refractivity contribution >= 4 is 23.0 Å². The third kappa shape index (κ3) is 4.70. The summed E-state index contributed by atoms with van der Waals surface area (Å²) in [6.07, 6.45) is 3.55. The molecule has 1 aliphatic rings. The Kier molecular flexibility index (Phi) is 5.70. The van der Waals surface area contributed by atoms with Gasteiger partial charge in [0.1, 0.15) is 0 Å². The summed E-state index contributed by atoms with van der Waals surface area (Å²) in [5.41, 5.74) is 0.951. The van der Waals surface area contributed by atoms with Crippen LogP contribution in [-0.4, -0.2) is 78.2 Å². The van der Waals surface area contributed by atoms with Crippen molar-refractivity contribution in [2.75, 3.05) is 58.7 Å². The second kappa shape index (κ2) is 7.52. The van der Waals surface area contributed by atoms with E-state index in [-0.39, 0.29) is 0 Å². The topological polar surface area (TPSA) is 34.6 Å². The van der Waals surface area contributed by atoms with Gasteiger partial charge in [-0.1, -0.05) is 0 Å². The average Bonchev–Trinajstić information content (AvgIpc) is 2.46. The highest BCUT2D eigenvalue weighted by Gasteiger charge is 2.18. The smallest absolute Gasteiger partial charge is 0.173 e. The fraction of sp³-hybridized carbons (Fsp3) is 0.571. The number of nitrogens with one attached hydrogen (secondary N) is 1. The molecule has 0 unspecified atom stereocenters. The van der Waals surface area contributed by atoms with E-state index in [0.29, 0.717) is 0 Å². The Morgan fingerprint density at radius 2 is 2.10 bits per heavy atom. The Bertz CT molecular complexity index is 415. The molecule has 0 amide bonds. The largest absolute Gasteiger partial charge is 0.346 e. The minimum Gasteiger partial charge on any atom is -0.346 e. The molecule has 1 fully saturated rings. The third-order valence-corrected chi connectivity index (χ3v) is 3.80. The van der Waals surface area contributed by atoms with Crippen LogP contribution in [0.25, 0.3) is 0 Å². The summed E-state index contributed by atoms with van der Waals surface area (Å²) in [6.45, 7) is 6.35. The maximum Gasteiger partial charge on any atom is 0.173 e. The molecule has 1 N–H and O–H groups in total. The molecule has 1 aliphatic heterocycles. The molecule has 0 radical (unpaired) electrons. The van der Waals surface area contributed by atoms with E-state index >= 15 is 0 Å². The van der Waals surface area contributed by atoms with Crippen molar-refractivity contribution in [3.8, 4) is 0 Å². The summed E-state index contributed by atoms with van der Waals surface area (Å²) in [5.74, 6) is 0. The van der Waals surface area contributed by atoms with E-state index in [1.807, 2.05) is 12.1 Å². The number of anilines is 1. The highest BCUT2D eigenvalue weighted by molar-refractivity contribution is 7.80. The molecule has 0 aromatic carbocycles. The maximum absolute atomic E-state index is 5.46. The van der Waals surface area contributed by atoms with Crippen LogP contribution < -0.4 is 5.32 Å². The van der Waals surface area contributed by atoms with Gasteiger partial charge < -0.3 is 15.1 Å². The van der Waals surface area contributed by atoms with Crippen LogP contribution in [0.1, 0.15) is 0 Å². The molecule has 0 bridgehead atoms. The zero-order valence-corrected chi connectivity index (χ0v) is 13.1. The lowest BCUT2D eigenvalue weighted by Crippen LogP contribution is -2.51. The molecule has 6 heteroatoms. The Labute approximate surface area is 126 Å². The Morgan fingerprint density at radius 1 is 1.35 bits per heavy atom. The highest BCUT2D eigenvalue weighted by Crippen LogP contribution is 2.07. The van der Waals surface area contributed by atoms with Crippen molar-refractivity contribution < 1.29 is 0 Å². The molecule has 5 nitrogen and oxygen atoms in total. The number of pyridine rings is 1. The fourth-order valence-electron chi connectivity index (χ4n) is 2.16.